The van der Waals surface area contributed by atoms with Gasteiger partial charge in [-0.25, -0.2) is 13.4 Å². The monoisotopic (exact) mass is 838 g/mol. The highest BCUT2D eigenvalue weighted by Gasteiger charge is 2.34. The summed E-state index contributed by atoms with van der Waals surface area (Å²) >= 11 is 0. The highest BCUT2D eigenvalue weighted by Crippen LogP contribution is 2.43. The van der Waals surface area contributed by atoms with Gasteiger partial charge < -0.3 is 19.9 Å². The molecule has 5 N–H and O–H groups in total. The maximum atomic E-state index is 14.3. The molecule has 0 aromatic heterocycles. The smallest absolute Gasteiger partial charge is 0.295 e. The lowest BCUT2D eigenvalue weighted by molar-refractivity contribution is -0.403. The summed E-state index contributed by atoms with van der Waals surface area (Å²) in [6.07, 6.45) is 3.84. The van der Waals surface area contributed by atoms with Gasteiger partial charge in [0, 0.05) is 75.9 Å². The molecule has 4 aromatic rings. The van der Waals surface area contributed by atoms with Crippen molar-refractivity contribution in [1.29, 1.82) is 0 Å². The first-order chi connectivity index (χ1) is 28.1. The summed E-state index contributed by atoms with van der Waals surface area (Å²) in [5.74, 6) is 0.454. The number of unbranched alkanes of at least 4 members (excludes halogenated alkanes) is 2. The Hall–Kier alpha value is -4.89. The molecule has 4 aromatic carbocycles. The molecule has 1 aliphatic heterocycles. The molecule has 3 aliphatic rings. The predicted molar refractivity (Wildman–Crippen MR) is 230 cm³/mol. The van der Waals surface area contributed by atoms with Crippen LogP contribution < -0.4 is 15.7 Å². The Morgan fingerprint density at radius 2 is 1.46 bits per heavy atom. The van der Waals surface area contributed by atoms with Crippen LogP contribution in [0.4, 0.5) is 17.1 Å². The second-order valence-electron chi connectivity index (χ2n) is 15.7. The van der Waals surface area contributed by atoms with Crippen molar-refractivity contribution >= 4 is 48.2 Å². The summed E-state index contributed by atoms with van der Waals surface area (Å²) in [7, 11) is -8.47. The third kappa shape index (κ3) is 9.01. The SMILES string of the molecule is Cc1cccc(C)c1Nc1ccc2c(-c3ccccc3S(=O)(=O)O)c3ccc(=[NH+]c4c(C)cc(S(=O)(=O)N(CCCCCO)C5CCC(O)CC5)cc4C)cc-3oc2c1. The number of rotatable bonds is 13. The van der Waals surface area contributed by atoms with Gasteiger partial charge in [-0.2, -0.15) is 12.7 Å². The van der Waals surface area contributed by atoms with Crippen LogP contribution in [0.3, 0.4) is 0 Å². The number of benzene rings is 5. The standard InChI is InChI=1S/C46H51N3O8S2/c1-29-11-10-12-30(2)45(29)47-33-15-21-38-41(27-33)57-42-28-34(16-22-39(42)44(38)40-13-6-7-14-43(40)59(54,55)56)48-46-31(3)25-37(26-32(46)4)58(52,53)49(23-8-5-9-24-50)35-17-19-36(51)20-18-35/h6-7,10-16,21-22,25-28,35-36,47,50-51H,5,8-9,17-20,23-24H2,1-4H3,(H,54,55,56)/p+1. The summed E-state index contributed by atoms with van der Waals surface area (Å²) in [5, 5.41) is 24.3. The Labute approximate surface area is 346 Å². The first kappa shape index (κ1) is 42.2. The van der Waals surface area contributed by atoms with Crippen molar-refractivity contribution in [2.45, 2.75) is 94.6 Å². The zero-order chi connectivity index (χ0) is 42.1. The molecular formula is C46H52N3O8S2+. The number of sulfonamides is 1. The Kier molecular flexibility index (Phi) is 12.4. The lowest BCUT2D eigenvalue weighted by Crippen LogP contribution is -2.71. The van der Waals surface area contributed by atoms with Gasteiger partial charge in [-0.3, -0.25) is 4.55 Å². The van der Waals surface area contributed by atoms with E-state index in [0.29, 0.717) is 90.3 Å². The van der Waals surface area contributed by atoms with Crippen molar-refractivity contribution in [3.05, 3.63) is 119 Å². The maximum absolute atomic E-state index is 14.3. The van der Waals surface area contributed by atoms with E-state index in [-0.39, 0.29) is 22.4 Å². The summed E-state index contributed by atoms with van der Waals surface area (Å²) < 4.78 is 72.5. The molecule has 13 heteroatoms. The molecule has 7 rings (SSSR count). The van der Waals surface area contributed by atoms with Gasteiger partial charge in [0.2, 0.25) is 21.1 Å². The third-order valence-electron chi connectivity index (χ3n) is 11.4. The topological polar surface area (TPSA) is 171 Å². The second-order valence-corrected chi connectivity index (χ2v) is 19.0. The minimum Gasteiger partial charge on any atom is -0.456 e. The van der Waals surface area contributed by atoms with Gasteiger partial charge in [0.25, 0.3) is 10.1 Å². The molecular weight excluding hydrogens is 787 g/mol. The largest absolute Gasteiger partial charge is 0.456 e. The molecule has 0 unspecified atom stereocenters. The van der Waals surface area contributed by atoms with Crippen molar-refractivity contribution in [2.75, 3.05) is 18.5 Å². The van der Waals surface area contributed by atoms with E-state index in [2.05, 4.69) is 10.3 Å². The van der Waals surface area contributed by atoms with Gasteiger partial charge in [-0.15, -0.1) is 0 Å². The zero-order valence-corrected chi connectivity index (χ0v) is 35.5. The van der Waals surface area contributed by atoms with Crippen LogP contribution >= 0.6 is 0 Å². The molecule has 2 aliphatic carbocycles. The molecule has 0 saturated heterocycles. The number of aliphatic hydroxyl groups is 2. The number of para-hydroxylation sites is 1. The van der Waals surface area contributed by atoms with Gasteiger partial charge in [0.15, 0.2) is 0 Å². The van der Waals surface area contributed by atoms with Gasteiger partial charge in [-0.1, -0.05) is 36.4 Å². The number of nitrogens with one attached hydrogen (secondary N) is 2. The van der Waals surface area contributed by atoms with Crippen molar-refractivity contribution < 1.29 is 41.0 Å². The molecule has 59 heavy (non-hydrogen) atoms. The van der Waals surface area contributed by atoms with Crippen LogP contribution in [0.25, 0.3) is 33.4 Å². The molecule has 0 spiro atoms. The lowest BCUT2D eigenvalue weighted by Gasteiger charge is -2.35. The van der Waals surface area contributed by atoms with E-state index in [1.54, 1.807) is 34.6 Å². The number of hydrogen-bond acceptors (Lipinski definition) is 8. The summed E-state index contributed by atoms with van der Waals surface area (Å²) in [5.41, 5.74) is 8.09. The quantitative estimate of drug-likeness (QED) is 0.0459. The molecule has 0 atom stereocenters. The lowest BCUT2D eigenvalue weighted by atomic mass is 9.93. The fourth-order valence-electron chi connectivity index (χ4n) is 8.34. The van der Waals surface area contributed by atoms with Crippen LogP contribution in [0.2, 0.25) is 0 Å². The van der Waals surface area contributed by atoms with Crippen LogP contribution in [0.15, 0.2) is 105 Å². The van der Waals surface area contributed by atoms with Crippen LogP contribution in [-0.2, 0) is 20.1 Å². The molecule has 1 fully saturated rings. The second kappa shape index (κ2) is 17.4. The Morgan fingerprint density at radius 1 is 0.763 bits per heavy atom. The molecule has 0 amide bonds. The fourth-order valence-corrected chi connectivity index (χ4v) is 10.9. The van der Waals surface area contributed by atoms with Gasteiger partial charge >= 0.3 is 0 Å². The fraction of sp³-hybridized carbons (Fsp3) is 0.326. The van der Waals surface area contributed by atoms with Gasteiger partial charge in [0.1, 0.15) is 16.2 Å². The minimum atomic E-state index is -4.59. The molecule has 0 radical (unpaired) electrons. The molecule has 0 bridgehead atoms. The normalized spacial score (nSPS) is 16.6. The number of aryl methyl sites for hydroxylation is 4. The van der Waals surface area contributed by atoms with E-state index < -0.39 is 26.2 Å². The molecule has 11 nitrogen and oxygen atoms in total. The van der Waals surface area contributed by atoms with Gasteiger partial charge in [0.05, 0.1) is 17.1 Å². The van der Waals surface area contributed by atoms with E-state index in [1.807, 2.05) is 82.3 Å². The Morgan fingerprint density at radius 3 is 2.14 bits per heavy atom. The maximum Gasteiger partial charge on any atom is 0.295 e. The van der Waals surface area contributed by atoms with E-state index >= 15 is 0 Å². The zero-order valence-electron chi connectivity index (χ0n) is 33.8. The van der Waals surface area contributed by atoms with Crippen molar-refractivity contribution in [2.24, 2.45) is 0 Å². The number of nitrogens with zero attached hydrogens (tertiary/aromatic N) is 1. The molecule has 310 valence electrons. The van der Waals surface area contributed by atoms with E-state index in [0.717, 1.165) is 39.3 Å². The van der Waals surface area contributed by atoms with Gasteiger partial charge in [-0.05, 0) is 120 Å². The minimum absolute atomic E-state index is 0.0624. The van der Waals surface area contributed by atoms with E-state index in [9.17, 15) is 31.6 Å². The Bertz CT molecular complexity index is 2730. The van der Waals surface area contributed by atoms with E-state index in [1.165, 1.54) is 6.07 Å². The highest BCUT2D eigenvalue weighted by molar-refractivity contribution is 7.89. The van der Waals surface area contributed by atoms with Crippen molar-refractivity contribution in [3.8, 4) is 22.5 Å². The average molecular weight is 839 g/mol. The first-order valence-electron chi connectivity index (χ1n) is 20.1. The first-order valence-corrected chi connectivity index (χ1v) is 23.0. The van der Waals surface area contributed by atoms with Crippen LogP contribution in [0, 0.1) is 27.7 Å². The number of anilines is 2. The predicted octanol–water partition coefficient (Wildman–Crippen LogP) is 7.20. The van der Waals surface area contributed by atoms with Crippen LogP contribution in [0.5, 0.6) is 0 Å². The molecule has 1 heterocycles. The number of hydrogen-bond donors (Lipinski definition) is 5. The van der Waals surface area contributed by atoms with Crippen molar-refractivity contribution in [1.82, 2.24) is 4.31 Å². The van der Waals surface area contributed by atoms with E-state index in [4.69, 9.17) is 4.42 Å². The highest BCUT2D eigenvalue weighted by atomic mass is 32.2. The third-order valence-corrected chi connectivity index (χ3v) is 14.2. The van der Waals surface area contributed by atoms with Crippen LogP contribution in [-0.4, -0.2) is 61.2 Å². The number of aliphatic hydroxyl groups excluding tert-OH is 2. The van der Waals surface area contributed by atoms with Crippen LogP contribution in [0.1, 0.15) is 67.2 Å². The Balaban J connectivity index is 1.33. The average Bonchev–Trinajstić information content (AvgIpc) is 3.19. The summed E-state index contributed by atoms with van der Waals surface area (Å²) in [6, 6.07) is 26.8. The summed E-state index contributed by atoms with van der Waals surface area (Å²) in [6.45, 7) is 8.20. The number of fused-ring (bicyclic) bond motifs is 2. The van der Waals surface area contributed by atoms with Crippen molar-refractivity contribution in [3.63, 3.8) is 0 Å². The molecule has 1 saturated carbocycles. The summed E-state index contributed by atoms with van der Waals surface area (Å²) in [4.78, 5) is 3.47.